The number of benzene rings is 1. The predicted molar refractivity (Wildman–Crippen MR) is 91.1 cm³/mol. The summed E-state index contributed by atoms with van der Waals surface area (Å²) in [6.07, 6.45) is -7.44. The van der Waals surface area contributed by atoms with E-state index in [1.807, 2.05) is 0 Å². The van der Waals surface area contributed by atoms with Gasteiger partial charge in [-0.05, 0) is 48.5 Å². The van der Waals surface area contributed by atoms with Crippen molar-refractivity contribution in [3.8, 4) is 17.2 Å². The van der Waals surface area contributed by atoms with Crippen molar-refractivity contribution in [3.05, 3.63) is 54.0 Å². The second-order valence-corrected chi connectivity index (χ2v) is 6.99. The zero-order valence-electron chi connectivity index (χ0n) is 14.5. The van der Waals surface area contributed by atoms with E-state index in [0.717, 1.165) is 10.7 Å². The van der Waals surface area contributed by atoms with Gasteiger partial charge in [0.2, 0.25) is 0 Å². The van der Waals surface area contributed by atoms with Crippen LogP contribution >= 0.6 is 11.8 Å². The van der Waals surface area contributed by atoms with Crippen LogP contribution in [0.2, 0.25) is 0 Å². The molecule has 0 aliphatic rings. The fraction of sp³-hybridized carbons (Fsp3) is 0.235. The molecule has 2 aromatic heterocycles. The van der Waals surface area contributed by atoms with Gasteiger partial charge in [-0.25, -0.2) is 18.4 Å². The molecule has 12 heteroatoms. The van der Waals surface area contributed by atoms with Gasteiger partial charge in [-0.3, -0.25) is 4.98 Å². The number of alkyl halides is 7. The topological polar surface area (TPSA) is 43.6 Å². The minimum Gasteiger partial charge on any atom is -0.253 e. The van der Waals surface area contributed by atoms with E-state index < -0.39 is 23.7 Å². The first kappa shape index (κ1) is 21.1. The second kappa shape index (κ2) is 7.65. The second-order valence-electron chi connectivity index (χ2n) is 5.80. The van der Waals surface area contributed by atoms with Crippen molar-refractivity contribution >= 4 is 11.8 Å². The predicted octanol–water partition coefficient (Wildman–Crippen LogP) is 5.61. The molecule has 0 bridgehead atoms. The molecule has 0 aliphatic carbocycles. The molecule has 3 aromatic rings. The molecule has 2 heterocycles. The van der Waals surface area contributed by atoms with Gasteiger partial charge in [0.05, 0.1) is 5.69 Å². The summed E-state index contributed by atoms with van der Waals surface area (Å²) in [4.78, 5) is 7.18. The van der Waals surface area contributed by atoms with Crippen LogP contribution in [0.25, 0.3) is 17.2 Å². The van der Waals surface area contributed by atoms with Crippen LogP contribution in [-0.2, 0) is 6.18 Å². The van der Waals surface area contributed by atoms with Gasteiger partial charge in [-0.1, -0.05) is 12.1 Å². The molecule has 154 valence electrons. The Morgan fingerprint density at radius 1 is 1.03 bits per heavy atom. The van der Waals surface area contributed by atoms with E-state index in [9.17, 15) is 30.7 Å². The number of thioether (sulfide) groups is 1. The van der Waals surface area contributed by atoms with Crippen molar-refractivity contribution in [2.45, 2.75) is 29.7 Å². The van der Waals surface area contributed by atoms with Gasteiger partial charge >= 0.3 is 17.9 Å². The maximum absolute atomic E-state index is 13.5. The highest BCUT2D eigenvalue weighted by Gasteiger charge is 2.42. The summed E-state index contributed by atoms with van der Waals surface area (Å²) < 4.78 is 92.2. The van der Waals surface area contributed by atoms with Crippen molar-refractivity contribution in [1.29, 1.82) is 0 Å². The number of halogens is 7. The Balaban J connectivity index is 2.13. The quantitative estimate of drug-likeness (QED) is 0.386. The number of hydrogen-bond donors (Lipinski definition) is 0. The molecule has 0 radical (unpaired) electrons. The van der Waals surface area contributed by atoms with E-state index in [4.69, 9.17) is 0 Å². The van der Waals surface area contributed by atoms with E-state index in [1.54, 1.807) is 6.07 Å². The molecule has 0 aliphatic heterocycles. The number of aryl methyl sites for hydroxylation is 1. The van der Waals surface area contributed by atoms with Gasteiger partial charge in [0, 0.05) is 11.1 Å². The third-order valence-corrected chi connectivity index (χ3v) is 4.78. The fourth-order valence-electron chi connectivity index (χ4n) is 2.29. The normalized spacial score (nSPS) is 12.6. The Morgan fingerprint density at radius 2 is 1.76 bits per heavy atom. The summed E-state index contributed by atoms with van der Waals surface area (Å²) in [6, 6.07) is 8.15. The van der Waals surface area contributed by atoms with Crippen LogP contribution in [0.1, 0.15) is 11.4 Å². The van der Waals surface area contributed by atoms with Gasteiger partial charge in [0.25, 0.3) is 5.82 Å². The third kappa shape index (κ3) is 4.52. The van der Waals surface area contributed by atoms with Crippen molar-refractivity contribution in [1.82, 2.24) is 19.7 Å². The van der Waals surface area contributed by atoms with Crippen LogP contribution in [-0.4, -0.2) is 31.4 Å². The Morgan fingerprint density at radius 3 is 2.34 bits per heavy atom. The van der Waals surface area contributed by atoms with Gasteiger partial charge in [0.1, 0.15) is 5.69 Å². The van der Waals surface area contributed by atoms with Crippen LogP contribution in [0.4, 0.5) is 30.7 Å². The number of aromatic nitrogens is 4. The van der Waals surface area contributed by atoms with Crippen LogP contribution in [0.3, 0.4) is 0 Å². The molecule has 4 nitrogen and oxygen atoms in total. The van der Waals surface area contributed by atoms with Crippen LogP contribution in [0, 0.1) is 6.92 Å². The van der Waals surface area contributed by atoms with Gasteiger partial charge in [0.15, 0.2) is 5.82 Å². The first-order valence-electron chi connectivity index (χ1n) is 7.90. The monoisotopic (exact) mass is 436 g/mol. The van der Waals surface area contributed by atoms with Crippen LogP contribution in [0.15, 0.2) is 47.5 Å². The van der Waals surface area contributed by atoms with E-state index in [-0.39, 0.29) is 39.4 Å². The fourth-order valence-corrected chi connectivity index (χ4v) is 3.09. The van der Waals surface area contributed by atoms with E-state index in [0.29, 0.717) is 0 Å². The SMILES string of the molecule is Cc1ccc(-n2nc(C(F)(F)F)nc2-c2ccccn2)cc1SC(F)(F)C(F)F. The highest BCUT2D eigenvalue weighted by molar-refractivity contribution is 8.00. The Bertz CT molecular complexity index is 1000. The number of nitrogens with zero attached hydrogens (tertiary/aromatic N) is 4. The minimum absolute atomic E-state index is 0.0585. The first-order chi connectivity index (χ1) is 13.5. The van der Waals surface area contributed by atoms with E-state index in [1.165, 1.54) is 37.4 Å². The summed E-state index contributed by atoms with van der Waals surface area (Å²) in [5.74, 6) is -1.73. The van der Waals surface area contributed by atoms with Crippen LogP contribution in [0.5, 0.6) is 0 Å². The zero-order chi connectivity index (χ0) is 21.4. The van der Waals surface area contributed by atoms with Crippen molar-refractivity contribution < 1.29 is 30.7 Å². The standard InChI is InChI=1S/C17H11F7N4S/c1-9-5-6-10(8-12(9)29-17(23,24)14(18)19)28-13(11-4-2-3-7-25-11)26-15(27-28)16(20,21)22/h2-8,14H,1H3. The lowest BCUT2D eigenvalue weighted by Gasteiger charge is -2.16. The van der Waals surface area contributed by atoms with Crippen molar-refractivity contribution in [3.63, 3.8) is 0 Å². The average Bonchev–Trinajstić information content (AvgIpc) is 3.10. The molecule has 0 unspecified atom stereocenters. The summed E-state index contributed by atoms with van der Waals surface area (Å²) in [6.45, 7) is 1.41. The molecule has 3 rings (SSSR count). The maximum atomic E-state index is 13.5. The van der Waals surface area contributed by atoms with Gasteiger partial charge in [-0.2, -0.15) is 22.0 Å². The molecule has 1 aromatic carbocycles. The number of rotatable bonds is 5. The third-order valence-electron chi connectivity index (χ3n) is 3.67. The molecule has 0 fully saturated rings. The summed E-state index contributed by atoms with van der Waals surface area (Å²) in [7, 11) is 0. The van der Waals surface area contributed by atoms with Gasteiger partial charge in [-0.15, -0.1) is 5.10 Å². The molecular weight excluding hydrogens is 425 g/mol. The molecule has 0 amide bonds. The molecule has 0 spiro atoms. The van der Waals surface area contributed by atoms with Crippen molar-refractivity contribution in [2.24, 2.45) is 0 Å². The molecule has 0 atom stereocenters. The number of pyridine rings is 1. The summed E-state index contributed by atoms with van der Waals surface area (Å²) >= 11 is -0.379. The van der Waals surface area contributed by atoms with Crippen molar-refractivity contribution in [2.75, 3.05) is 0 Å². The lowest BCUT2D eigenvalue weighted by molar-refractivity contribution is -0.144. The van der Waals surface area contributed by atoms with Crippen LogP contribution < -0.4 is 0 Å². The zero-order valence-corrected chi connectivity index (χ0v) is 15.3. The average molecular weight is 436 g/mol. The molecule has 29 heavy (non-hydrogen) atoms. The molecule has 0 saturated carbocycles. The Labute approximate surface area is 163 Å². The van der Waals surface area contributed by atoms with Gasteiger partial charge < -0.3 is 0 Å². The van der Waals surface area contributed by atoms with E-state index in [2.05, 4.69) is 15.1 Å². The lowest BCUT2D eigenvalue weighted by Crippen LogP contribution is -2.21. The maximum Gasteiger partial charge on any atom is 0.453 e. The number of hydrogen-bond acceptors (Lipinski definition) is 4. The summed E-state index contributed by atoms with van der Waals surface area (Å²) in [5, 5.41) is -0.942. The highest BCUT2D eigenvalue weighted by Crippen LogP contribution is 2.42. The molecular formula is C17H11F7N4S. The first-order valence-corrected chi connectivity index (χ1v) is 8.72. The van der Waals surface area contributed by atoms with E-state index >= 15 is 0 Å². The molecule has 0 N–H and O–H groups in total. The minimum atomic E-state index is -4.86. The molecule has 0 saturated heterocycles. The Kier molecular flexibility index (Phi) is 5.57. The highest BCUT2D eigenvalue weighted by atomic mass is 32.2. The Hall–Kier alpha value is -2.63. The summed E-state index contributed by atoms with van der Waals surface area (Å²) in [5.41, 5.74) is 0.240. The largest absolute Gasteiger partial charge is 0.453 e. The smallest absolute Gasteiger partial charge is 0.253 e. The lowest BCUT2D eigenvalue weighted by atomic mass is 10.2.